The summed E-state index contributed by atoms with van der Waals surface area (Å²) in [7, 11) is 0. The van der Waals surface area contributed by atoms with Gasteiger partial charge < -0.3 is 0 Å². The molecule has 0 aromatic heterocycles. The van der Waals surface area contributed by atoms with Crippen LogP contribution in [0.5, 0.6) is 0 Å². The fourth-order valence-corrected chi connectivity index (χ4v) is 4.81. The maximum atomic E-state index is 12.9. The summed E-state index contributed by atoms with van der Waals surface area (Å²) in [5.74, 6) is 9.99. The zero-order valence-corrected chi connectivity index (χ0v) is 15.1. The third-order valence-electron chi connectivity index (χ3n) is 6.29. The predicted octanol–water partition coefficient (Wildman–Crippen LogP) is 6.59. The van der Waals surface area contributed by atoms with E-state index >= 15 is 0 Å². The SMILES string of the molecule is CCC[C@H]1CC[C@H]([C@H]2CC[C@H](C#Cc3ccc(F)cc3)CC2)CC1. The van der Waals surface area contributed by atoms with Gasteiger partial charge in [-0.3, -0.25) is 0 Å². The summed E-state index contributed by atoms with van der Waals surface area (Å²) in [6.07, 6.45) is 13.9. The second-order valence-electron chi connectivity index (χ2n) is 7.96. The number of hydrogen-bond acceptors (Lipinski definition) is 0. The van der Waals surface area contributed by atoms with E-state index < -0.39 is 0 Å². The fraction of sp³-hybridized carbons (Fsp3) is 0.652. The summed E-state index contributed by atoms with van der Waals surface area (Å²) in [4.78, 5) is 0. The molecule has 0 saturated heterocycles. The molecule has 0 N–H and O–H groups in total. The summed E-state index contributed by atoms with van der Waals surface area (Å²) in [5, 5.41) is 0. The first-order chi connectivity index (χ1) is 11.7. The van der Waals surface area contributed by atoms with Gasteiger partial charge in [0.2, 0.25) is 0 Å². The zero-order valence-electron chi connectivity index (χ0n) is 15.1. The molecular formula is C23H31F. The Morgan fingerprint density at radius 1 is 0.875 bits per heavy atom. The van der Waals surface area contributed by atoms with E-state index in [-0.39, 0.29) is 5.82 Å². The van der Waals surface area contributed by atoms with Gasteiger partial charge >= 0.3 is 0 Å². The molecule has 2 aliphatic rings. The summed E-state index contributed by atoms with van der Waals surface area (Å²) in [5.41, 5.74) is 0.938. The van der Waals surface area contributed by atoms with E-state index in [0.29, 0.717) is 5.92 Å². The summed E-state index contributed by atoms with van der Waals surface area (Å²) < 4.78 is 12.9. The van der Waals surface area contributed by atoms with E-state index in [9.17, 15) is 4.39 Å². The minimum Gasteiger partial charge on any atom is -0.207 e. The van der Waals surface area contributed by atoms with Crippen molar-refractivity contribution >= 4 is 0 Å². The van der Waals surface area contributed by atoms with Gasteiger partial charge in [0.25, 0.3) is 0 Å². The van der Waals surface area contributed by atoms with Crippen LogP contribution in [0.15, 0.2) is 24.3 Å². The van der Waals surface area contributed by atoms with Gasteiger partial charge in [-0.05, 0) is 80.5 Å². The van der Waals surface area contributed by atoms with Crippen LogP contribution in [0.3, 0.4) is 0 Å². The summed E-state index contributed by atoms with van der Waals surface area (Å²) in [6.45, 7) is 2.32. The highest BCUT2D eigenvalue weighted by atomic mass is 19.1. The van der Waals surface area contributed by atoms with Crippen molar-refractivity contribution in [2.45, 2.75) is 71.1 Å². The molecule has 130 valence electrons. The van der Waals surface area contributed by atoms with Gasteiger partial charge in [-0.15, -0.1) is 0 Å². The standard InChI is InChI=1S/C23H31F/c1-2-3-18-6-12-21(13-7-18)22-14-8-19(9-15-22)4-5-20-10-16-23(24)17-11-20/h10-11,16-19,21-22H,2-3,6-9,12-15H2,1H3/t18-,19-,21-,22-. The van der Waals surface area contributed by atoms with Crippen LogP contribution in [-0.2, 0) is 0 Å². The number of hydrogen-bond donors (Lipinski definition) is 0. The molecule has 0 radical (unpaired) electrons. The molecule has 3 rings (SSSR count). The second kappa shape index (κ2) is 8.70. The highest BCUT2D eigenvalue weighted by Gasteiger charge is 2.30. The molecule has 0 unspecified atom stereocenters. The van der Waals surface area contributed by atoms with Gasteiger partial charge in [-0.25, -0.2) is 4.39 Å². The van der Waals surface area contributed by atoms with Crippen LogP contribution in [0.25, 0.3) is 0 Å². The van der Waals surface area contributed by atoms with Crippen molar-refractivity contribution in [2.75, 3.05) is 0 Å². The lowest BCUT2D eigenvalue weighted by Gasteiger charge is -2.37. The molecule has 2 fully saturated rings. The zero-order chi connectivity index (χ0) is 16.8. The Balaban J connectivity index is 1.44. The Morgan fingerprint density at radius 2 is 1.46 bits per heavy atom. The van der Waals surface area contributed by atoms with E-state index in [4.69, 9.17) is 0 Å². The Kier molecular flexibility index (Phi) is 6.36. The van der Waals surface area contributed by atoms with Gasteiger partial charge in [0.05, 0.1) is 0 Å². The van der Waals surface area contributed by atoms with E-state index in [0.717, 1.165) is 23.3 Å². The lowest BCUT2D eigenvalue weighted by atomic mass is 9.69. The Morgan fingerprint density at radius 3 is 2.04 bits per heavy atom. The molecule has 2 saturated carbocycles. The molecule has 0 aliphatic heterocycles. The lowest BCUT2D eigenvalue weighted by Crippen LogP contribution is -2.25. The molecular weight excluding hydrogens is 295 g/mol. The molecule has 0 nitrogen and oxygen atoms in total. The molecule has 0 amide bonds. The number of benzene rings is 1. The smallest absolute Gasteiger partial charge is 0.123 e. The first-order valence-corrected chi connectivity index (χ1v) is 10.0. The van der Waals surface area contributed by atoms with Gasteiger partial charge in [0.1, 0.15) is 5.82 Å². The molecule has 0 heterocycles. The van der Waals surface area contributed by atoms with Crippen LogP contribution >= 0.6 is 0 Å². The van der Waals surface area contributed by atoms with Gasteiger partial charge in [0, 0.05) is 11.5 Å². The van der Waals surface area contributed by atoms with Crippen molar-refractivity contribution in [3.8, 4) is 11.8 Å². The quantitative estimate of drug-likeness (QED) is 0.550. The van der Waals surface area contributed by atoms with Crippen LogP contribution in [0.2, 0.25) is 0 Å². The van der Waals surface area contributed by atoms with Crippen LogP contribution in [0.1, 0.15) is 76.7 Å². The van der Waals surface area contributed by atoms with Crippen molar-refractivity contribution in [1.82, 2.24) is 0 Å². The molecule has 1 aromatic carbocycles. The van der Waals surface area contributed by atoms with Crippen LogP contribution in [0, 0.1) is 41.3 Å². The van der Waals surface area contributed by atoms with E-state index in [1.807, 2.05) is 0 Å². The lowest BCUT2D eigenvalue weighted by molar-refractivity contribution is 0.154. The Hall–Kier alpha value is -1.29. The highest BCUT2D eigenvalue weighted by Crippen LogP contribution is 2.42. The van der Waals surface area contributed by atoms with Gasteiger partial charge in [-0.1, -0.05) is 44.4 Å². The predicted molar refractivity (Wildman–Crippen MR) is 99.1 cm³/mol. The molecule has 0 atom stereocenters. The minimum atomic E-state index is -0.185. The van der Waals surface area contributed by atoms with E-state index in [2.05, 4.69) is 18.8 Å². The first kappa shape index (κ1) is 17.5. The number of rotatable bonds is 3. The third kappa shape index (κ3) is 4.85. The Bertz CT molecular complexity index is 546. The summed E-state index contributed by atoms with van der Waals surface area (Å²) in [6, 6.07) is 6.55. The third-order valence-corrected chi connectivity index (χ3v) is 6.29. The van der Waals surface area contributed by atoms with Crippen molar-refractivity contribution in [1.29, 1.82) is 0 Å². The molecule has 1 aromatic rings. The average Bonchev–Trinajstić information content (AvgIpc) is 2.63. The monoisotopic (exact) mass is 326 g/mol. The fourth-order valence-electron chi connectivity index (χ4n) is 4.81. The van der Waals surface area contributed by atoms with Crippen LogP contribution in [-0.4, -0.2) is 0 Å². The topological polar surface area (TPSA) is 0 Å². The van der Waals surface area contributed by atoms with Crippen molar-refractivity contribution in [3.05, 3.63) is 35.6 Å². The first-order valence-electron chi connectivity index (χ1n) is 10.0. The van der Waals surface area contributed by atoms with Crippen LogP contribution in [0.4, 0.5) is 4.39 Å². The maximum absolute atomic E-state index is 12.9. The normalized spacial score (nSPS) is 30.4. The molecule has 2 aliphatic carbocycles. The van der Waals surface area contributed by atoms with E-state index in [1.54, 1.807) is 12.1 Å². The maximum Gasteiger partial charge on any atom is 0.123 e. The van der Waals surface area contributed by atoms with Gasteiger partial charge in [0.15, 0.2) is 0 Å². The number of halogens is 1. The minimum absolute atomic E-state index is 0.185. The van der Waals surface area contributed by atoms with Gasteiger partial charge in [-0.2, -0.15) is 0 Å². The van der Waals surface area contributed by atoms with Crippen LogP contribution < -0.4 is 0 Å². The largest absolute Gasteiger partial charge is 0.207 e. The Labute approximate surface area is 147 Å². The molecule has 0 spiro atoms. The molecule has 24 heavy (non-hydrogen) atoms. The van der Waals surface area contributed by atoms with Crippen molar-refractivity contribution in [3.63, 3.8) is 0 Å². The van der Waals surface area contributed by atoms with E-state index in [1.165, 1.54) is 76.3 Å². The second-order valence-corrected chi connectivity index (χ2v) is 7.96. The van der Waals surface area contributed by atoms with Crippen molar-refractivity contribution < 1.29 is 4.39 Å². The molecule has 0 bridgehead atoms. The van der Waals surface area contributed by atoms with Crippen molar-refractivity contribution in [2.24, 2.45) is 23.7 Å². The highest BCUT2D eigenvalue weighted by molar-refractivity contribution is 5.34. The molecule has 1 heteroatoms. The summed E-state index contributed by atoms with van der Waals surface area (Å²) >= 11 is 0. The average molecular weight is 326 g/mol.